The Bertz CT molecular complexity index is 176. The highest BCUT2D eigenvalue weighted by Gasteiger charge is 2.19. The van der Waals surface area contributed by atoms with Crippen LogP contribution < -0.4 is 0 Å². The fourth-order valence-corrected chi connectivity index (χ4v) is 2.33. The first-order valence-corrected chi connectivity index (χ1v) is 7.15. The average Bonchev–Trinajstić information content (AvgIpc) is 2.30. The van der Waals surface area contributed by atoms with Crippen LogP contribution in [0.25, 0.3) is 0 Å². The van der Waals surface area contributed by atoms with E-state index >= 15 is 0 Å². The number of thioether (sulfide) groups is 1. The van der Waals surface area contributed by atoms with Crippen molar-refractivity contribution in [3.05, 3.63) is 0 Å². The fraction of sp³-hybridized carbons (Fsp3) is 0.917. The molecule has 0 spiro atoms. The predicted octanol–water partition coefficient (Wildman–Crippen LogP) is 3.59. The number of rotatable bonds is 10. The van der Waals surface area contributed by atoms with Crippen LogP contribution in [0.2, 0.25) is 0 Å². The Morgan fingerprint density at radius 3 is 2.62 bits per heavy atom. The molecule has 0 aliphatic heterocycles. The van der Waals surface area contributed by atoms with E-state index in [-0.39, 0.29) is 17.9 Å². The quantitative estimate of drug-likeness (QED) is 0.438. The second-order valence-electron chi connectivity index (χ2n) is 3.71. The van der Waals surface area contributed by atoms with Crippen molar-refractivity contribution in [2.75, 3.05) is 19.0 Å². The van der Waals surface area contributed by atoms with Crippen molar-refractivity contribution in [2.45, 2.75) is 51.2 Å². The monoisotopic (exact) mass is 250 g/mol. The van der Waals surface area contributed by atoms with Gasteiger partial charge in [0.2, 0.25) is 0 Å². The van der Waals surface area contributed by atoms with Gasteiger partial charge in [0.05, 0.1) is 13.3 Å². The number of carbonyl (C=O) groups is 1. The molecule has 0 aromatic rings. The molecule has 2 nitrogen and oxygen atoms in total. The third-order valence-electron chi connectivity index (χ3n) is 2.13. The third-order valence-corrected chi connectivity index (χ3v) is 3.48. The van der Waals surface area contributed by atoms with E-state index in [4.69, 9.17) is 4.74 Å². The normalized spacial score (nSPS) is 12.4. The lowest BCUT2D eigenvalue weighted by Gasteiger charge is -2.14. The van der Waals surface area contributed by atoms with E-state index in [0.29, 0.717) is 18.8 Å². The summed E-state index contributed by atoms with van der Waals surface area (Å²) in [5, 5.41) is -0.0990. The van der Waals surface area contributed by atoms with Crippen molar-refractivity contribution in [3.8, 4) is 0 Å². The molecule has 0 aliphatic carbocycles. The van der Waals surface area contributed by atoms with Gasteiger partial charge in [0.15, 0.2) is 0 Å². The summed E-state index contributed by atoms with van der Waals surface area (Å²) in [6, 6.07) is 0. The Morgan fingerprint density at radius 1 is 1.31 bits per heavy atom. The minimum Gasteiger partial charge on any atom is -0.465 e. The van der Waals surface area contributed by atoms with Gasteiger partial charge in [-0.25, -0.2) is 0 Å². The Labute approximate surface area is 102 Å². The van der Waals surface area contributed by atoms with Crippen molar-refractivity contribution >= 4 is 17.7 Å². The molecule has 0 heterocycles. The van der Waals surface area contributed by atoms with Gasteiger partial charge in [-0.1, -0.05) is 26.7 Å². The second-order valence-corrected chi connectivity index (χ2v) is 5.02. The summed E-state index contributed by atoms with van der Waals surface area (Å²) < 4.78 is 17.1. The third kappa shape index (κ3) is 7.97. The molecule has 0 saturated carbocycles. The van der Waals surface area contributed by atoms with Gasteiger partial charge in [-0.2, -0.15) is 0 Å². The molecule has 96 valence electrons. The summed E-state index contributed by atoms with van der Waals surface area (Å²) in [7, 11) is 0. The SMILES string of the molecule is CCCCC(SCCCF)C(=O)OCCC. The molecule has 0 aromatic carbocycles. The zero-order valence-electron chi connectivity index (χ0n) is 10.3. The average molecular weight is 250 g/mol. The highest BCUT2D eigenvalue weighted by atomic mass is 32.2. The Morgan fingerprint density at radius 2 is 2.06 bits per heavy atom. The molecule has 0 saturated heterocycles. The molecule has 0 aromatic heterocycles. The van der Waals surface area contributed by atoms with Crippen LogP contribution in [0.3, 0.4) is 0 Å². The molecular formula is C12H23FO2S. The van der Waals surface area contributed by atoms with E-state index in [2.05, 4.69) is 6.92 Å². The lowest BCUT2D eigenvalue weighted by molar-refractivity contribution is -0.143. The lowest BCUT2D eigenvalue weighted by Crippen LogP contribution is -2.21. The summed E-state index contributed by atoms with van der Waals surface area (Å²) in [4.78, 5) is 11.7. The van der Waals surface area contributed by atoms with E-state index in [0.717, 1.165) is 25.7 Å². The molecule has 0 N–H and O–H groups in total. The van der Waals surface area contributed by atoms with Gasteiger partial charge in [0, 0.05) is 0 Å². The number of hydrogen-bond acceptors (Lipinski definition) is 3. The maximum absolute atomic E-state index is 12.0. The van der Waals surface area contributed by atoms with Gasteiger partial charge >= 0.3 is 5.97 Å². The van der Waals surface area contributed by atoms with Crippen molar-refractivity contribution in [2.24, 2.45) is 0 Å². The second kappa shape index (κ2) is 11.2. The highest BCUT2D eigenvalue weighted by molar-refractivity contribution is 8.00. The van der Waals surface area contributed by atoms with Gasteiger partial charge in [-0.05, 0) is 25.0 Å². The summed E-state index contributed by atoms with van der Waals surface area (Å²) in [6.45, 7) is 4.26. The molecule has 0 fully saturated rings. The standard InChI is InChI=1S/C12H23FO2S/c1-3-5-7-11(16-10-6-8-13)12(14)15-9-4-2/h11H,3-10H2,1-2H3. The number of carbonyl (C=O) groups excluding carboxylic acids is 1. The zero-order valence-corrected chi connectivity index (χ0v) is 11.2. The number of hydrogen-bond donors (Lipinski definition) is 0. The number of halogens is 1. The van der Waals surface area contributed by atoms with Gasteiger partial charge < -0.3 is 4.74 Å². The van der Waals surface area contributed by atoms with Crippen LogP contribution in [0.5, 0.6) is 0 Å². The fourth-order valence-electron chi connectivity index (χ4n) is 1.23. The van der Waals surface area contributed by atoms with E-state index in [1.54, 1.807) is 0 Å². The Hall–Kier alpha value is -0.250. The van der Waals surface area contributed by atoms with Crippen molar-refractivity contribution in [1.29, 1.82) is 0 Å². The highest BCUT2D eigenvalue weighted by Crippen LogP contribution is 2.20. The van der Waals surface area contributed by atoms with E-state index in [9.17, 15) is 9.18 Å². The molecule has 0 amide bonds. The van der Waals surface area contributed by atoms with E-state index in [1.807, 2.05) is 6.92 Å². The van der Waals surface area contributed by atoms with Gasteiger partial charge in [-0.3, -0.25) is 9.18 Å². The summed E-state index contributed by atoms with van der Waals surface area (Å²) >= 11 is 1.53. The van der Waals surface area contributed by atoms with Crippen LogP contribution >= 0.6 is 11.8 Å². The van der Waals surface area contributed by atoms with Crippen molar-refractivity contribution < 1.29 is 13.9 Å². The first kappa shape index (κ1) is 15.8. The summed E-state index contributed by atoms with van der Waals surface area (Å²) in [5.74, 6) is 0.575. The number of ether oxygens (including phenoxy) is 1. The first-order valence-electron chi connectivity index (χ1n) is 6.10. The maximum Gasteiger partial charge on any atom is 0.319 e. The number of unbranched alkanes of at least 4 members (excludes halogenated alkanes) is 1. The molecule has 4 heteroatoms. The first-order chi connectivity index (χ1) is 7.76. The van der Waals surface area contributed by atoms with Crippen LogP contribution in [0.1, 0.15) is 46.0 Å². The predicted molar refractivity (Wildman–Crippen MR) is 67.6 cm³/mol. The number of alkyl halides is 1. The zero-order chi connectivity index (χ0) is 12.2. The molecule has 1 unspecified atom stereocenters. The Balaban J connectivity index is 3.91. The largest absolute Gasteiger partial charge is 0.465 e. The maximum atomic E-state index is 12.0. The number of esters is 1. The van der Waals surface area contributed by atoms with Crippen LogP contribution in [-0.4, -0.2) is 30.3 Å². The molecule has 16 heavy (non-hydrogen) atoms. The molecule has 1 atom stereocenters. The topological polar surface area (TPSA) is 26.3 Å². The van der Waals surface area contributed by atoms with Gasteiger partial charge in [0.1, 0.15) is 5.25 Å². The van der Waals surface area contributed by atoms with Crippen LogP contribution in [0, 0.1) is 0 Å². The van der Waals surface area contributed by atoms with E-state index in [1.165, 1.54) is 11.8 Å². The van der Waals surface area contributed by atoms with E-state index < -0.39 is 0 Å². The summed E-state index contributed by atoms with van der Waals surface area (Å²) in [6.07, 6.45) is 4.31. The van der Waals surface area contributed by atoms with Crippen molar-refractivity contribution in [1.82, 2.24) is 0 Å². The van der Waals surface area contributed by atoms with Crippen LogP contribution in [0.4, 0.5) is 4.39 Å². The van der Waals surface area contributed by atoms with Crippen LogP contribution in [0.15, 0.2) is 0 Å². The lowest BCUT2D eigenvalue weighted by atomic mass is 10.2. The van der Waals surface area contributed by atoms with Gasteiger partial charge in [0.25, 0.3) is 0 Å². The minimum atomic E-state index is -0.308. The Kier molecular flexibility index (Phi) is 11.1. The van der Waals surface area contributed by atoms with Gasteiger partial charge in [-0.15, -0.1) is 11.8 Å². The van der Waals surface area contributed by atoms with Crippen LogP contribution in [-0.2, 0) is 9.53 Å². The minimum absolute atomic E-state index is 0.0990. The van der Waals surface area contributed by atoms with Crippen molar-refractivity contribution in [3.63, 3.8) is 0 Å². The molecule has 0 rings (SSSR count). The molecule has 0 aliphatic rings. The summed E-state index contributed by atoms with van der Waals surface area (Å²) in [5.41, 5.74) is 0. The molecule has 0 bridgehead atoms. The molecular weight excluding hydrogens is 227 g/mol. The molecule has 0 radical (unpaired) electrons. The smallest absolute Gasteiger partial charge is 0.319 e.